The van der Waals surface area contributed by atoms with Gasteiger partial charge in [0.25, 0.3) is 5.91 Å². The number of methoxy groups -OCH3 is 1. The number of thioether (sulfide) groups is 1. The highest BCUT2D eigenvalue weighted by atomic mass is 35.5. The van der Waals surface area contributed by atoms with Gasteiger partial charge in [0.05, 0.1) is 11.2 Å². The van der Waals surface area contributed by atoms with E-state index in [1.807, 2.05) is 25.1 Å². The van der Waals surface area contributed by atoms with Crippen molar-refractivity contribution in [3.05, 3.63) is 22.8 Å². The van der Waals surface area contributed by atoms with Crippen LogP contribution in [0.2, 0.25) is 5.15 Å². The predicted molar refractivity (Wildman–Crippen MR) is 109 cm³/mol. The molecular formula is C21H29ClN2O2S. The van der Waals surface area contributed by atoms with E-state index in [0.717, 1.165) is 36.0 Å². The minimum absolute atomic E-state index is 0.0703. The summed E-state index contributed by atoms with van der Waals surface area (Å²) in [5, 5.41) is 1.21. The van der Waals surface area contributed by atoms with E-state index >= 15 is 0 Å². The first-order valence-electron chi connectivity index (χ1n) is 10.1. The maximum absolute atomic E-state index is 13.4. The number of ether oxygens (including phenoxy) is 1. The third-order valence-electron chi connectivity index (χ3n) is 6.87. The SMILES string of the molecule is CCCSc1nc(Cl)ccc1C(=O)N(C)[C@H]1C2CC3CC1C[C@@](OC)(C3)C2. The van der Waals surface area contributed by atoms with Crippen LogP contribution in [0.25, 0.3) is 0 Å². The maximum atomic E-state index is 13.4. The molecule has 4 nitrogen and oxygen atoms in total. The number of nitrogens with zero attached hydrogens (tertiary/aromatic N) is 2. The summed E-state index contributed by atoms with van der Waals surface area (Å²) in [6, 6.07) is 3.89. The Morgan fingerprint density at radius 3 is 2.67 bits per heavy atom. The first kappa shape index (κ1) is 19.5. The Morgan fingerprint density at radius 1 is 1.33 bits per heavy atom. The molecule has 5 rings (SSSR count). The van der Waals surface area contributed by atoms with Gasteiger partial charge in [-0.25, -0.2) is 4.98 Å². The normalized spacial score (nSPS) is 34.1. The summed E-state index contributed by atoms with van der Waals surface area (Å²) < 4.78 is 5.97. The molecular weight excluding hydrogens is 380 g/mol. The zero-order chi connectivity index (χ0) is 19.2. The summed E-state index contributed by atoms with van der Waals surface area (Å²) in [7, 11) is 3.85. The van der Waals surface area contributed by atoms with Crippen LogP contribution in [0.15, 0.2) is 17.2 Å². The molecule has 2 atom stereocenters. The van der Waals surface area contributed by atoms with E-state index in [0.29, 0.717) is 28.6 Å². The van der Waals surface area contributed by atoms with Gasteiger partial charge in [-0.2, -0.15) is 0 Å². The Morgan fingerprint density at radius 2 is 2.04 bits per heavy atom. The second-order valence-corrected chi connectivity index (χ2v) is 10.1. The minimum Gasteiger partial charge on any atom is -0.378 e. The highest BCUT2D eigenvalue weighted by molar-refractivity contribution is 7.99. The number of aromatic nitrogens is 1. The van der Waals surface area contributed by atoms with E-state index in [1.54, 1.807) is 17.8 Å². The van der Waals surface area contributed by atoms with Crippen LogP contribution < -0.4 is 0 Å². The van der Waals surface area contributed by atoms with Crippen LogP contribution in [0.4, 0.5) is 0 Å². The van der Waals surface area contributed by atoms with E-state index in [9.17, 15) is 4.79 Å². The van der Waals surface area contributed by atoms with Crippen molar-refractivity contribution in [2.45, 2.75) is 62.1 Å². The number of pyridine rings is 1. The summed E-state index contributed by atoms with van der Waals surface area (Å²) in [6.07, 6.45) is 6.90. The van der Waals surface area contributed by atoms with Gasteiger partial charge in [-0.15, -0.1) is 11.8 Å². The van der Waals surface area contributed by atoms with Gasteiger partial charge in [0.15, 0.2) is 0 Å². The molecule has 4 aliphatic rings. The summed E-state index contributed by atoms with van der Waals surface area (Å²) >= 11 is 7.72. The molecule has 1 aromatic rings. The number of halogens is 1. The van der Waals surface area contributed by atoms with Crippen molar-refractivity contribution >= 4 is 29.3 Å². The molecule has 1 aromatic heterocycles. The zero-order valence-corrected chi connectivity index (χ0v) is 18.0. The highest BCUT2D eigenvalue weighted by Gasteiger charge is 2.57. The van der Waals surface area contributed by atoms with Crippen LogP contribution in [0.3, 0.4) is 0 Å². The number of amides is 1. The molecule has 0 spiro atoms. The van der Waals surface area contributed by atoms with Gasteiger partial charge >= 0.3 is 0 Å². The fourth-order valence-corrected chi connectivity index (χ4v) is 7.09. The van der Waals surface area contributed by atoms with Crippen molar-refractivity contribution in [3.8, 4) is 0 Å². The number of carbonyl (C=O) groups is 1. The molecule has 148 valence electrons. The van der Waals surface area contributed by atoms with E-state index < -0.39 is 0 Å². The molecule has 4 fully saturated rings. The van der Waals surface area contributed by atoms with Gasteiger partial charge in [-0.1, -0.05) is 18.5 Å². The third-order valence-corrected chi connectivity index (χ3v) is 8.27. The number of rotatable bonds is 6. The third kappa shape index (κ3) is 3.51. The minimum atomic E-state index is 0.0703. The molecule has 0 aliphatic heterocycles. The van der Waals surface area contributed by atoms with Gasteiger partial charge in [0, 0.05) is 20.2 Å². The van der Waals surface area contributed by atoms with Crippen LogP contribution in [-0.4, -0.2) is 47.3 Å². The Balaban J connectivity index is 1.57. The summed E-state index contributed by atoms with van der Waals surface area (Å²) in [5.74, 6) is 2.90. The number of hydrogen-bond donors (Lipinski definition) is 0. The molecule has 4 bridgehead atoms. The van der Waals surface area contributed by atoms with E-state index in [4.69, 9.17) is 16.3 Å². The summed E-state index contributed by atoms with van der Waals surface area (Å²) in [6.45, 7) is 2.13. The highest BCUT2D eigenvalue weighted by Crippen LogP contribution is 2.58. The van der Waals surface area contributed by atoms with E-state index in [-0.39, 0.29) is 11.5 Å². The maximum Gasteiger partial charge on any atom is 0.256 e. The van der Waals surface area contributed by atoms with Crippen molar-refractivity contribution in [1.82, 2.24) is 9.88 Å². The Labute approximate surface area is 171 Å². The number of hydrogen-bond acceptors (Lipinski definition) is 4. The second-order valence-electron chi connectivity index (χ2n) is 8.60. The van der Waals surface area contributed by atoms with Crippen LogP contribution >= 0.6 is 23.4 Å². The second kappa shape index (κ2) is 7.57. The lowest BCUT2D eigenvalue weighted by Gasteiger charge is -2.60. The van der Waals surface area contributed by atoms with Gasteiger partial charge in [-0.05, 0) is 74.2 Å². The van der Waals surface area contributed by atoms with Crippen LogP contribution in [0, 0.1) is 17.8 Å². The fraction of sp³-hybridized carbons (Fsp3) is 0.714. The first-order chi connectivity index (χ1) is 13.0. The van der Waals surface area contributed by atoms with Crippen molar-refractivity contribution < 1.29 is 9.53 Å². The Hall–Kier alpha value is -0.780. The number of carbonyl (C=O) groups excluding carboxylic acids is 1. The van der Waals surface area contributed by atoms with E-state index in [2.05, 4.69) is 11.9 Å². The van der Waals surface area contributed by atoms with Crippen molar-refractivity contribution in [3.63, 3.8) is 0 Å². The summed E-state index contributed by atoms with van der Waals surface area (Å²) in [4.78, 5) is 19.9. The van der Waals surface area contributed by atoms with Gasteiger partial charge in [-0.3, -0.25) is 4.79 Å². The molecule has 0 radical (unpaired) electrons. The smallest absolute Gasteiger partial charge is 0.256 e. The van der Waals surface area contributed by atoms with E-state index in [1.165, 1.54) is 19.3 Å². The van der Waals surface area contributed by atoms with Gasteiger partial charge in [0.2, 0.25) is 0 Å². The fourth-order valence-electron chi connectivity index (χ4n) is 6.02. The van der Waals surface area contributed by atoms with Crippen LogP contribution in [0.5, 0.6) is 0 Å². The molecule has 1 heterocycles. The topological polar surface area (TPSA) is 42.4 Å². The molecule has 27 heavy (non-hydrogen) atoms. The molecule has 6 heteroatoms. The molecule has 0 N–H and O–H groups in total. The molecule has 0 aromatic carbocycles. The van der Waals surface area contributed by atoms with Gasteiger partial charge in [0.1, 0.15) is 10.2 Å². The molecule has 2 unspecified atom stereocenters. The van der Waals surface area contributed by atoms with Crippen LogP contribution in [-0.2, 0) is 4.74 Å². The first-order valence-corrected chi connectivity index (χ1v) is 11.4. The molecule has 0 saturated heterocycles. The monoisotopic (exact) mass is 408 g/mol. The molecule has 1 amide bonds. The average Bonchev–Trinajstić information content (AvgIpc) is 2.65. The lowest BCUT2D eigenvalue weighted by atomic mass is 9.52. The molecule has 4 saturated carbocycles. The molecule has 4 aliphatic carbocycles. The quantitative estimate of drug-likeness (QED) is 0.495. The predicted octanol–water partition coefficient (Wildman–Crippen LogP) is 4.90. The van der Waals surface area contributed by atoms with Gasteiger partial charge < -0.3 is 9.64 Å². The Bertz CT molecular complexity index is 712. The summed E-state index contributed by atoms with van der Waals surface area (Å²) in [5.41, 5.74) is 0.761. The average molecular weight is 409 g/mol. The zero-order valence-electron chi connectivity index (χ0n) is 16.4. The Kier molecular flexibility index (Phi) is 5.47. The van der Waals surface area contributed by atoms with Crippen molar-refractivity contribution in [2.75, 3.05) is 19.9 Å². The standard InChI is InChI=1S/C21H29ClN2O2S/c1-4-7-27-19-16(5-6-17(22)23-19)20(25)24(2)18-14-8-13-9-15(18)12-21(10-13,11-14)26-3/h5-6,13-15,18H,4,7-12H2,1-3H3/t13?,14?,15?,18-,21+. The lowest BCUT2D eigenvalue weighted by Crippen LogP contribution is -2.62. The van der Waals surface area contributed by atoms with Crippen molar-refractivity contribution in [2.24, 2.45) is 17.8 Å². The van der Waals surface area contributed by atoms with Crippen molar-refractivity contribution in [1.29, 1.82) is 0 Å². The van der Waals surface area contributed by atoms with Crippen LogP contribution in [0.1, 0.15) is 55.8 Å². The lowest BCUT2D eigenvalue weighted by molar-refractivity contribution is -0.168. The largest absolute Gasteiger partial charge is 0.378 e.